The van der Waals surface area contributed by atoms with E-state index in [1.165, 1.54) is 0 Å². The van der Waals surface area contributed by atoms with E-state index in [4.69, 9.17) is 11.6 Å². The molecule has 1 aliphatic rings. The van der Waals surface area contributed by atoms with Gasteiger partial charge in [-0.15, -0.1) is 0 Å². The molecule has 1 aromatic carbocycles. The number of nitrogens with one attached hydrogen (secondary N) is 2. The van der Waals surface area contributed by atoms with Gasteiger partial charge in [0.2, 0.25) is 5.95 Å². The number of benzene rings is 1. The van der Waals surface area contributed by atoms with E-state index in [-0.39, 0.29) is 12.1 Å². The molecule has 7 heteroatoms. The maximum absolute atomic E-state index is 12.0. The Morgan fingerprint density at radius 2 is 1.90 bits per heavy atom. The van der Waals surface area contributed by atoms with Gasteiger partial charge in [0.1, 0.15) is 0 Å². The van der Waals surface area contributed by atoms with Crippen LogP contribution >= 0.6 is 11.6 Å². The van der Waals surface area contributed by atoms with Crippen LogP contribution < -0.4 is 10.6 Å². The molecule has 0 unspecified atom stereocenters. The SMILES string of the molecule is O=C(Nc1ccccc1Cl)N1CC(Nc2ncccn2)C1. The van der Waals surface area contributed by atoms with Crippen LogP contribution in [0.25, 0.3) is 0 Å². The Morgan fingerprint density at radius 1 is 1.19 bits per heavy atom. The molecule has 3 rings (SSSR count). The molecule has 2 N–H and O–H groups in total. The molecular formula is C14H14ClN5O. The number of anilines is 2. The number of amides is 2. The summed E-state index contributed by atoms with van der Waals surface area (Å²) in [6.07, 6.45) is 3.35. The Kier molecular flexibility index (Phi) is 3.87. The molecule has 21 heavy (non-hydrogen) atoms. The maximum Gasteiger partial charge on any atom is 0.322 e. The van der Waals surface area contributed by atoms with Crippen molar-refractivity contribution in [3.8, 4) is 0 Å². The van der Waals surface area contributed by atoms with Gasteiger partial charge in [-0.25, -0.2) is 14.8 Å². The summed E-state index contributed by atoms with van der Waals surface area (Å²) in [6, 6.07) is 8.93. The van der Waals surface area contributed by atoms with Crippen molar-refractivity contribution in [1.82, 2.24) is 14.9 Å². The lowest BCUT2D eigenvalue weighted by molar-refractivity contribution is 0.171. The number of hydrogen-bond donors (Lipinski definition) is 2. The highest BCUT2D eigenvalue weighted by Crippen LogP contribution is 2.22. The molecule has 2 aromatic rings. The smallest absolute Gasteiger partial charge is 0.322 e. The topological polar surface area (TPSA) is 70.2 Å². The van der Waals surface area contributed by atoms with Gasteiger partial charge in [0, 0.05) is 25.5 Å². The van der Waals surface area contributed by atoms with Crippen LogP contribution in [0.1, 0.15) is 0 Å². The standard InChI is InChI=1S/C14H14ClN5O/c15-11-4-1-2-5-12(11)19-14(21)20-8-10(9-20)18-13-16-6-3-7-17-13/h1-7,10H,8-9H2,(H,19,21)(H,16,17,18). The van der Waals surface area contributed by atoms with Crippen LogP contribution in [0.5, 0.6) is 0 Å². The molecule has 108 valence electrons. The predicted octanol–water partition coefficient (Wildman–Crippen LogP) is 2.46. The molecule has 2 heterocycles. The molecule has 1 saturated heterocycles. The molecule has 6 nitrogen and oxygen atoms in total. The van der Waals surface area contributed by atoms with Gasteiger partial charge in [0.15, 0.2) is 0 Å². The van der Waals surface area contributed by atoms with E-state index in [9.17, 15) is 4.79 Å². The summed E-state index contributed by atoms with van der Waals surface area (Å²) in [6.45, 7) is 1.21. The van der Waals surface area contributed by atoms with Gasteiger partial charge in [-0.3, -0.25) is 0 Å². The first-order valence-corrected chi connectivity index (χ1v) is 6.94. The number of urea groups is 1. The van der Waals surface area contributed by atoms with E-state index < -0.39 is 0 Å². The predicted molar refractivity (Wildman–Crippen MR) is 81.5 cm³/mol. The first kappa shape index (κ1) is 13.6. The van der Waals surface area contributed by atoms with Gasteiger partial charge in [0.25, 0.3) is 0 Å². The third kappa shape index (κ3) is 3.22. The second-order valence-electron chi connectivity index (χ2n) is 4.73. The minimum Gasteiger partial charge on any atom is -0.348 e. The summed E-state index contributed by atoms with van der Waals surface area (Å²) in [4.78, 5) is 21.9. The molecule has 0 radical (unpaired) electrons. The van der Waals surface area contributed by atoms with Gasteiger partial charge >= 0.3 is 6.03 Å². The largest absolute Gasteiger partial charge is 0.348 e. The highest BCUT2D eigenvalue weighted by molar-refractivity contribution is 6.33. The van der Waals surface area contributed by atoms with Gasteiger partial charge in [0.05, 0.1) is 16.8 Å². The first-order valence-electron chi connectivity index (χ1n) is 6.56. The van der Waals surface area contributed by atoms with Crippen molar-refractivity contribution in [2.24, 2.45) is 0 Å². The summed E-state index contributed by atoms with van der Waals surface area (Å²) in [5.74, 6) is 0.577. The molecule has 0 saturated carbocycles. The summed E-state index contributed by atoms with van der Waals surface area (Å²) >= 11 is 6.01. The molecule has 0 aliphatic carbocycles. The van der Waals surface area contributed by atoms with Gasteiger partial charge < -0.3 is 15.5 Å². The minimum atomic E-state index is -0.157. The molecule has 2 amide bonds. The average Bonchev–Trinajstić information content (AvgIpc) is 2.46. The highest BCUT2D eigenvalue weighted by Gasteiger charge is 2.31. The lowest BCUT2D eigenvalue weighted by Crippen LogP contribution is -2.58. The van der Waals surface area contributed by atoms with E-state index in [2.05, 4.69) is 20.6 Å². The average molecular weight is 304 g/mol. The van der Waals surface area contributed by atoms with Crippen molar-refractivity contribution in [1.29, 1.82) is 0 Å². The van der Waals surface area contributed by atoms with Crippen LogP contribution in [0, 0.1) is 0 Å². The molecule has 1 fully saturated rings. The monoisotopic (exact) mass is 303 g/mol. The second-order valence-corrected chi connectivity index (χ2v) is 5.14. The van der Waals surface area contributed by atoms with Crippen molar-refractivity contribution in [2.45, 2.75) is 6.04 Å². The summed E-state index contributed by atoms with van der Waals surface area (Å²) < 4.78 is 0. The Balaban J connectivity index is 1.50. The van der Waals surface area contributed by atoms with Crippen LogP contribution in [0.4, 0.5) is 16.4 Å². The summed E-state index contributed by atoms with van der Waals surface area (Å²) in [5, 5.41) is 6.49. The fourth-order valence-corrected chi connectivity index (χ4v) is 2.23. The highest BCUT2D eigenvalue weighted by atomic mass is 35.5. The van der Waals surface area contributed by atoms with Gasteiger partial charge in [-0.2, -0.15) is 0 Å². The zero-order chi connectivity index (χ0) is 14.7. The van der Waals surface area contributed by atoms with Crippen molar-refractivity contribution in [2.75, 3.05) is 23.7 Å². The number of halogens is 1. The first-order chi connectivity index (χ1) is 10.2. The summed E-state index contributed by atoms with van der Waals surface area (Å²) in [5.41, 5.74) is 0.618. The van der Waals surface area contributed by atoms with Crippen molar-refractivity contribution in [3.63, 3.8) is 0 Å². The van der Waals surface area contributed by atoms with Gasteiger partial charge in [-0.1, -0.05) is 23.7 Å². The molecule has 1 aliphatic heterocycles. The number of para-hydroxylation sites is 1. The number of nitrogens with zero attached hydrogens (tertiary/aromatic N) is 3. The van der Waals surface area contributed by atoms with E-state index in [0.29, 0.717) is 29.7 Å². The fourth-order valence-electron chi connectivity index (χ4n) is 2.05. The zero-order valence-corrected chi connectivity index (χ0v) is 11.9. The van der Waals surface area contributed by atoms with Crippen molar-refractivity contribution >= 4 is 29.3 Å². The number of likely N-dealkylation sites (tertiary alicyclic amines) is 1. The van der Waals surface area contributed by atoms with Crippen LogP contribution in [0.3, 0.4) is 0 Å². The van der Waals surface area contributed by atoms with Crippen LogP contribution in [0.15, 0.2) is 42.7 Å². The van der Waals surface area contributed by atoms with Gasteiger partial charge in [-0.05, 0) is 18.2 Å². The number of carbonyl (C=O) groups is 1. The molecule has 0 atom stereocenters. The maximum atomic E-state index is 12.0. The number of rotatable bonds is 3. The van der Waals surface area contributed by atoms with E-state index in [0.717, 1.165) is 0 Å². The number of aromatic nitrogens is 2. The second kappa shape index (κ2) is 5.97. The van der Waals surface area contributed by atoms with Crippen molar-refractivity contribution in [3.05, 3.63) is 47.7 Å². The van der Waals surface area contributed by atoms with E-state index >= 15 is 0 Å². The third-order valence-corrected chi connectivity index (χ3v) is 3.51. The Bertz CT molecular complexity index is 630. The van der Waals surface area contributed by atoms with Crippen LogP contribution in [-0.2, 0) is 0 Å². The molecule has 1 aromatic heterocycles. The normalized spacial score (nSPS) is 14.4. The van der Waals surface area contributed by atoms with Crippen LogP contribution in [0.2, 0.25) is 5.02 Å². The Morgan fingerprint density at radius 3 is 2.62 bits per heavy atom. The quantitative estimate of drug-likeness (QED) is 0.914. The lowest BCUT2D eigenvalue weighted by Gasteiger charge is -2.39. The molecular weight excluding hydrogens is 290 g/mol. The van der Waals surface area contributed by atoms with Crippen LogP contribution in [-0.4, -0.2) is 40.0 Å². The summed E-state index contributed by atoms with van der Waals surface area (Å²) in [7, 11) is 0. The molecule has 0 bridgehead atoms. The lowest BCUT2D eigenvalue weighted by atomic mass is 10.1. The van der Waals surface area contributed by atoms with Crippen molar-refractivity contribution < 1.29 is 4.79 Å². The Hall–Kier alpha value is -2.34. The van der Waals surface area contributed by atoms with E-state index in [1.807, 2.05) is 12.1 Å². The zero-order valence-electron chi connectivity index (χ0n) is 11.2. The molecule has 0 spiro atoms. The number of hydrogen-bond acceptors (Lipinski definition) is 4. The number of carbonyl (C=O) groups excluding carboxylic acids is 1. The third-order valence-electron chi connectivity index (χ3n) is 3.18. The minimum absolute atomic E-state index is 0.157. The fraction of sp³-hybridized carbons (Fsp3) is 0.214. The van der Waals surface area contributed by atoms with E-state index in [1.54, 1.807) is 35.5 Å². The Labute approximate surface area is 127 Å².